The van der Waals surface area contributed by atoms with Crippen molar-refractivity contribution in [3.8, 4) is 5.75 Å². The summed E-state index contributed by atoms with van der Waals surface area (Å²) in [5, 5.41) is 31.2. The van der Waals surface area contributed by atoms with Gasteiger partial charge in [0.25, 0.3) is 5.56 Å². The molecule has 0 aliphatic heterocycles. The van der Waals surface area contributed by atoms with E-state index >= 15 is 0 Å². The number of aliphatic carboxylic acids is 1. The van der Waals surface area contributed by atoms with E-state index in [1.807, 2.05) is 0 Å². The number of carbonyl (C=O) groups is 1. The first-order chi connectivity index (χ1) is 15.7. The van der Waals surface area contributed by atoms with Crippen LogP contribution in [0.2, 0.25) is 0 Å². The fraction of sp³-hybridized carbons (Fsp3) is 0.565. The SMILES string of the molecule is Cc1[nH]n(C2CCC(F)(F)CC2)c(=O)c1N=Nc1cccc(C2CCCC(C(=O)O)C2)c1O. The predicted octanol–water partition coefficient (Wildman–Crippen LogP) is 5.71. The van der Waals surface area contributed by atoms with E-state index in [9.17, 15) is 28.6 Å². The van der Waals surface area contributed by atoms with Crippen molar-refractivity contribution in [2.24, 2.45) is 16.1 Å². The number of aromatic hydroxyl groups is 1. The standard InChI is InChI=1S/C23H28F2N4O4/c1-13-19(21(31)29(28-13)16-8-10-23(24,25)11-9-16)27-26-18-7-3-6-17(20(18)30)14-4-2-5-15(12-14)22(32)33/h3,6-7,14-16,28,30H,2,4-5,8-12H2,1H3,(H,32,33). The highest BCUT2D eigenvalue weighted by Crippen LogP contribution is 2.43. The summed E-state index contributed by atoms with van der Waals surface area (Å²) >= 11 is 0. The summed E-state index contributed by atoms with van der Waals surface area (Å²) < 4.78 is 28.3. The molecule has 2 unspecified atom stereocenters. The average molecular weight is 462 g/mol. The number of carboxylic acid groups (broad SMARTS) is 1. The third-order valence-corrected chi connectivity index (χ3v) is 6.88. The quantitative estimate of drug-likeness (QED) is 0.493. The molecule has 2 aliphatic carbocycles. The van der Waals surface area contributed by atoms with Crippen LogP contribution in [0, 0.1) is 12.8 Å². The number of para-hydroxylation sites is 1. The second-order valence-electron chi connectivity index (χ2n) is 9.16. The number of aromatic amines is 1. The average Bonchev–Trinajstić information content (AvgIpc) is 3.06. The van der Waals surface area contributed by atoms with Crippen molar-refractivity contribution in [3.63, 3.8) is 0 Å². The Bertz CT molecular complexity index is 1110. The van der Waals surface area contributed by atoms with Gasteiger partial charge in [0.1, 0.15) is 11.4 Å². The molecule has 3 N–H and O–H groups in total. The highest BCUT2D eigenvalue weighted by Gasteiger charge is 2.36. The first kappa shape index (κ1) is 23.1. The molecule has 2 aromatic rings. The number of alkyl halides is 2. The Morgan fingerprint density at radius 1 is 1.18 bits per heavy atom. The van der Waals surface area contributed by atoms with E-state index in [2.05, 4.69) is 15.3 Å². The molecular formula is C23H28F2N4O4. The van der Waals surface area contributed by atoms with Crippen LogP contribution in [0.5, 0.6) is 5.75 Å². The first-order valence-electron chi connectivity index (χ1n) is 11.3. The highest BCUT2D eigenvalue weighted by atomic mass is 19.3. The lowest BCUT2D eigenvalue weighted by Gasteiger charge is -2.28. The summed E-state index contributed by atoms with van der Waals surface area (Å²) in [6, 6.07) is 4.71. The smallest absolute Gasteiger partial charge is 0.306 e. The molecule has 0 spiro atoms. The molecule has 0 amide bonds. The number of azo groups is 1. The van der Waals surface area contributed by atoms with Crippen LogP contribution in [-0.2, 0) is 4.79 Å². The van der Waals surface area contributed by atoms with Gasteiger partial charge in [-0.1, -0.05) is 18.6 Å². The number of benzene rings is 1. The highest BCUT2D eigenvalue weighted by molar-refractivity contribution is 5.70. The molecule has 2 atom stereocenters. The molecule has 0 radical (unpaired) electrons. The molecule has 2 saturated carbocycles. The fourth-order valence-corrected chi connectivity index (χ4v) is 4.98. The number of aryl methyl sites for hydroxylation is 1. The maximum Gasteiger partial charge on any atom is 0.306 e. The normalized spacial score (nSPS) is 23.7. The Morgan fingerprint density at radius 3 is 2.61 bits per heavy atom. The van der Waals surface area contributed by atoms with Crippen LogP contribution in [-0.4, -0.2) is 31.9 Å². The molecule has 2 fully saturated rings. The van der Waals surface area contributed by atoms with Gasteiger partial charge >= 0.3 is 5.97 Å². The Balaban J connectivity index is 1.55. The number of hydrogen-bond acceptors (Lipinski definition) is 5. The zero-order valence-electron chi connectivity index (χ0n) is 18.4. The maximum atomic E-state index is 13.5. The predicted molar refractivity (Wildman–Crippen MR) is 117 cm³/mol. The van der Waals surface area contributed by atoms with Gasteiger partial charge in [0.15, 0.2) is 5.69 Å². The van der Waals surface area contributed by atoms with E-state index in [4.69, 9.17) is 0 Å². The lowest BCUT2D eigenvalue weighted by atomic mass is 9.77. The Hall–Kier alpha value is -3.04. The number of phenolic OH excluding ortho intramolecular Hbond substituents is 1. The van der Waals surface area contributed by atoms with Gasteiger partial charge < -0.3 is 10.2 Å². The van der Waals surface area contributed by atoms with Crippen molar-refractivity contribution in [2.45, 2.75) is 76.2 Å². The van der Waals surface area contributed by atoms with Crippen molar-refractivity contribution in [3.05, 3.63) is 39.8 Å². The minimum absolute atomic E-state index is 0.0692. The van der Waals surface area contributed by atoms with Gasteiger partial charge in [0.05, 0.1) is 17.7 Å². The number of halogens is 2. The van der Waals surface area contributed by atoms with Crippen molar-refractivity contribution in [2.75, 3.05) is 0 Å². The van der Waals surface area contributed by atoms with E-state index in [0.717, 1.165) is 12.8 Å². The number of carboxylic acids is 1. The third kappa shape index (κ3) is 4.84. The van der Waals surface area contributed by atoms with Gasteiger partial charge in [-0.05, 0) is 56.6 Å². The van der Waals surface area contributed by atoms with Crippen LogP contribution in [0.1, 0.15) is 74.6 Å². The largest absolute Gasteiger partial charge is 0.505 e. The summed E-state index contributed by atoms with van der Waals surface area (Å²) in [5.41, 5.74) is 0.922. The zero-order valence-corrected chi connectivity index (χ0v) is 18.4. The number of phenols is 1. The van der Waals surface area contributed by atoms with Gasteiger partial charge in [-0.15, -0.1) is 10.2 Å². The summed E-state index contributed by atoms with van der Waals surface area (Å²) in [6.07, 6.45) is 2.50. The Morgan fingerprint density at radius 2 is 1.91 bits per heavy atom. The van der Waals surface area contributed by atoms with E-state index in [0.29, 0.717) is 24.1 Å². The summed E-state index contributed by atoms with van der Waals surface area (Å²) in [5.74, 6) is -4.11. The molecule has 178 valence electrons. The lowest BCUT2D eigenvalue weighted by Crippen LogP contribution is -2.30. The molecule has 1 aromatic heterocycles. The van der Waals surface area contributed by atoms with Crippen LogP contribution < -0.4 is 5.56 Å². The Labute approximate surface area is 189 Å². The van der Waals surface area contributed by atoms with Crippen LogP contribution in [0.15, 0.2) is 33.2 Å². The molecule has 8 nitrogen and oxygen atoms in total. The third-order valence-electron chi connectivity index (χ3n) is 6.88. The zero-order chi connectivity index (χ0) is 23.8. The molecule has 0 saturated heterocycles. The van der Waals surface area contributed by atoms with E-state index < -0.39 is 23.4 Å². The molecular weight excluding hydrogens is 434 g/mol. The van der Waals surface area contributed by atoms with Gasteiger partial charge in [-0.2, -0.15) is 0 Å². The number of hydrogen-bond donors (Lipinski definition) is 3. The maximum absolute atomic E-state index is 13.5. The number of nitrogens with one attached hydrogen (secondary N) is 1. The van der Waals surface area contributed by atoms with Crippen molar-refractivity contribution in [1.29, 1.82) is 0 Å². The van der Waals surface area contributed by atoms with Crippen LogP contribution >= 0.6 is 0 Å². The van der Waals surface area contributed by atoms with Crippen molar-refractivity contribution >= 4 is 17.3 Å². The number of aromatic nitrogens is 2. The molecule has 1 aromatic carbocycles. The van der Waals surface area contributed by atoms with Gasteiger partial charge in [0.2, 0.25) is 5.92 Å². The van der Waals surface area contributed by atoms with Crippen molar-refractivity contribution < 1.29 is 23.8 Å². The summed E-state index contributed by atoms with van der Waals surface area (Å²) in [6.45, 7) is 1.66. The first-order valence-corrected chi connectivity index (χ1v) is 11.3. The fourth-order valence-electron chi connectivity index (χ4n) is 4.98. The van der Waals surface area contributed by atoms with Gasteiger partial charge in [0, 0.05) is 12.8 Å². The molecule has 0 bridgehead atoms. The van der Waals surface area contributed by atoms with Gasteiger partial charge in [-0.3, -0.25) is 14.7 Å². The summed E-state index contributed by atoms with van der Waals surface area (Å²) in [7, 11) is 0. The number of rotatable bonds is 5. The van der Waals surface area contributed by atoms with Crippen LogP contribution in [0.25, 0.3) is 0 Å². The van der Waals surface area contributed by atoms with E-state index in [-0.39, 0.29) is 54.8 Å². The second-order valence-corrected chi connectivity index (χ2v) is 9.16. The number of nitrogens with zero attached hydrogens (tertiary/aromatic N) is 3. The number of H-pyrrole nitrogens is 1. The lowest BCUT2D eigenvalue weighted by molar-refractivity contribution is -0.143. The van der Waals surface area contributed by atoms with E-state index in [1.165, 1.54) is 4.68 Å². The Kier molecular flexibility index (Phi) is 6.36. The van der Waals surface area contributed by atoms with Gasteiger partial charge in [-0.25, -0.2) is 13.5 Å². The molecule has 4 rings (SSSR count). The monoisotopic (exact) mass is 462 g/mol. The second kappa shape index (κ2) is 9.07. The van der Waals surface area contributed by atoms with Crippen LogP contribution in [0.4, 0.5) is 20.2 Å². The minimum atomic E-state index is -2.68. The molecule has 2 aliphatic rings. The molecule has 33 heavy (non-hydrogen) atoms. The molecule has 1 heterocycles. The molecule has 10 heteroatoms. The van der Waals surface area contributed by atoms with Crippen LogP contribution in [0.3, 0.4) is 0 Å². The van der Waals surface area contributed by atoms with Crippen molar-refractivity contribution in [1.82, 2.24) is 9.78 Å². The minimum Gasteiger partial charge on any atom is -0.505 e. The van der Waals surface area contributed by atoms with E-state index in [1.54, 1.807) is 25.1 Å². The topological polar surface area (TPSA) is 120 Å². The summed E-state index contributed by atoms with van der Waals surface area (Å²) in [4.78, 5) is 24.2.